The van der Waals surface area contributed by atoms with Gasteiger partial charge in [0.05, 0.1) is 19.9 Å². The number of aromatic nitrogens is 2. The zero-order valence-corrected chi connectivity index (χ0v) is 24.9. The molecule has 0 spiro atoms. The number of carbonyl (C=O) groups is 2. The maximum Gasteiger partial charge on any atom is 0.254 e. The number of nitrogens with zero attached hydrogens (tertiary/aromatic N) is 5. The van der Waals surface area contributed by atoms with Crippen molar-refractivity contribution in [2.75, 3.05) is 58.6 Å². The lowest BCUT2D eigenvalue weighted by molar-refractivity contribution is -0.132. The molecule has 2 amide bonds. The molecule has 2 aliphatic heterocycles. The molecule has 4 aromatic rings. The standard InChI is InChI=1S/C33H32FN5O6/c1-42-25-7-8-26(29(18-25)43-2)27-9-11-31(36-35-27)37-12-14-38(15-13-37)32(40)20-39(33(41)23-4-3-5-24(34)17-23)19-22-6-10-28-30(16-22)45-21-44-28/h3-11,16-18H,12-15,19-21H2,1-2H3. The van der Waals surface area contributed by atoms with Crippen LogP contribution < -0.4 is 23.8 Å². The minimum atomic E-state index is -0.523. The van der Waals surface area contributed by atoms with Gasteiger partial charge < -0.3 is 33.6 Å². The second-order valence-corrected chi connectivity index (χ2v) is 10.6. The van der Waals surface area contributed by atoms with Crippen molar-refractivity contribution >= 4 is 17.6 Å². The molecule has 0 saturated carbocycles. The van der Waals surface area contributed by atoms with Gasteiger partial charge in [-0.1, -0.05) is 12.1 Å². The SMILES string of the molecule is COc1ccc(-c2ccc(N3CCN(C(=O)CN(Cc4ccc5c(c4)OCO5)C(=O)c4cccc(F)c4)CC3)nn2)c(OC)c1. The van der Waals surface area contributed by atoms with Gasteiger partial charge >= 0.3 is 0 Å². The first kappa shape index (κ1) is 29.7. The van der Waals surface area contributed by atoms with Crippen LogP contribution in [0.3, 0.4) is 0 Å². The zero-order valence-electron chi connectivity index (χ0n) is 24.9. The topological polar surface area (TPSA) is 107 Å². The van der Waals surface area contributed by atoms with Gasteiger partial charge in [-0.25, -0.2) is 4.39 Å². The summed E-state index contributed by atoms with van der Waals surface area (Å²) >= 11 is 0. The molecule has 3 heterocycles. The zero-order chi connectivity index (χ0) is 31.3. The second kappa shape index (κ2) is 13.1. The summed E-state index contributed by atoms with van der Waals surface area (Å²) in [6.07, 6.45) is 0. The van der Waals surface area contributed by atoms with Gasteiger partial charge in [0.2, 0.25) is 12.7 Å². The normalized spacial score (nSPS) is 13.8. The molecule has 0 aliphatic carbocycles. The summed E-state index contributed by atoms with van der Waals surface area (Å²) in [5.41, 5.74) is 2.39. The molecule has 1 saturated heterocycles. The molecule has 11 nitrogen and oxygen atoms in total. The Kier molecular flexibility index (Phi) is 8.63. The Balaban J connectivity index is 1.11. The van der Waals surface area contributed by atoms with E-state index in [9.17, 15) is 14.0 Å². The van der Waals surface area contributed by atoms with Crippen molar-refractivity contribution in [3.8, 4) is 34.3 Å². The number of ether oxygens (including phenoxy) is 4. The molecule has 0 radical (unpaired) electrons. The van der Waals surface area contributed by atoms with E-state index in [4.69, 9.17) is 18.9 Å². The van der Waals surface area contributed by atoms with Crippen LogP contribution in [0.1, 0.15) is 15.9 Å². The molecule has 12 heteroatoms. The van der Waals surface area contributed by atoms with Crippen molar-refractivity contribution < 1.29 is 32.9 Å². The highest BCUT2D eigenvalue weighted by atomic mass is 19.1. The number of carbonyl (C=O) groups excluding carboxylic acids is 2. The molecule has 6 rings (SSSR count). The van der Waals surface area contributed by atoms with E-state index in [1.165, 1.54) is 23.1 Å². The summed E-state index contributed by atoms with van der Waals surface area (Å²) in [6, 6.07) is 20.1. The number of hydrogen-bond acceptors (Lipinski definition) is 9. The summed E-state index contributed by atoms with van der Waals surface area (Å²) in [4.78, 5) is 32.2. The number of anilines is 1. The Labute approximate surface area is 259 Å². The molecule has 0 bridgehead atoms. The molecule has 1 aromatic heterocycles. The number of halogens is 1. The van der Waals surface area contributed by atoms with Gasteiger partial charge in [-0.3, -0.25) is 9.59 Å². The molecule has 2 aliphatic rings. The van der Waals surface area contributed by atoms with Gasteiger partial charge in [0.15, 0.2) is 17.3 Å². The highest BCUT2D eigenvalue weighted by Crippen LogP contribution is 2.34. The van der Waals surface area contributed by atoms with Crippen molar-refractivity contribution in [3.05, 3.63) is 89.7 Å². The number of amides is 2. The van der Waals surface area contributed by atoms with Crippen LogP contribution in [0.15, 0.2) is 72.8 Å². The Morgan fingerprint density at radius 2 is 1.71 bits per heavy atom. The van der Waals surface area contributed by atoms with Gasteiger partial charge in [-0.05, 0) is 60.2 Å². The van der Waals surface area contributed by atoms with E-state index in [2.05, 4.69) is 15.1 Å². The van der Waals surface area contributed by atoms with Crippen LogP contribution in [-0.4, -0.2) is 85.5 Å². The third-order valence-corrected chi connectivity index (χ3v) is 7.79. The fourth-order valence-corrected chi connectivity index (χ4v) is 5.36. The third kappa shape index (κ3) is 6.59. The quantitative estimate of drug-likeness (QED) is 0.277. The van der Waals surface area contributed by atoms with Gasteiger partial charge in [-0.2, -0.15) is 0 Å². The summed E-state index contributed by atoms with van der Waals surface area (Å²) in [5, 5.41) is 8.85. The second-order valence-electron chi connectivity index (χ2n) is 10.6. The largest absolute Gasteiger partial charge is 0.497 e. The Hall–Kier alpha value is -5.39. The first-order chi connectivity index (χ1) is 21.9. The first-order valence-electron chi connectivity index (χ1n) is 14.4. The summed E-state index contributed by atoms with van der Waals surface area (Å²) in [7, 11) is 3.19. The maximum absolute atomic E-state index is 14.0. The van der Waals surface area contributed by atoms with Gasteiger partial charge in [0.1, 0.15) is 23.9 Å². The summed E-state index contributed by atoms with van der Waals surface area (Å²) < 4.78 is 35.6. The average molecular weight is 614 g/mol. The van der Waals surface area contributed by atoms with Crippen molar-refractivity contribution in [1.29, 1.82) is 0 Å². The fraction of sp³-hybridized carbons (Fsp3) is 0.273. The Morgan fingerprint density at radius 1 is 0.889 bits per heavy atom. The van der Waals surface area contributed by atoms with Crippen LogP contribution in [-0.2, 0) is 11.3 Å². The smallest absolute Gasteiger partial charge is 0.254 e. The maximum atomic E-state index is 14.0. The highest BCUT2D eigenvalue weighted by molar-refractivity contribution is 5.96. The lowest BCUT2D eigenvalue weighted by Gasteiger charge is -2.36. The molecular weight excluding hydrogens is 581 g/mol. The van der Waals surface area contributed by atoms with Crippen molar-refractivity contribution in [1.82, 2.24) is 20.0 Å². The van der Waals surface area contributed by atoms with E-state index >= 15 is 0 Å². The number of fused-ring (bicyclic) bond motifs is 1. The van der Waals surface area contributed by atoms with E-state index in [-0.39, 0.29) is 31.4 Å². The number of benzene rings is 3. The predicted octanol–water partition coefficient (Wildman–Crippen LogP) is 4.02. The molecular formula is C33H32FN5O6. The van der Waals surface area contributed by atoms with Crippen LogP contribution >= 0.6 is 0 Å². The molecule has 0 N–H and O–H groups in total. The predicted molar refractivity (Wildman–Crippen MR) is 163 cm³/mol. The molecule has 232 valence electrons. The number of piperazine rings is 1. The van der Waals surface area contributed by atoms with Crippen LogP contribution in [0.4, 0.5) is 10.2 Å². The minimum absolute atomic E-state index is 0.127. The number of rotatable bonds is 9. The molecule has 0 unspecified atom stereocenters. The molecule has 1 fully saturated rings. The molecule has 0 atom stereocenters. The number of hydrogen-bond donors (Lipinski definition) is 0. The lowest BCUT2D eigenvalue weighted by Crippen LogP contribution is -2.52. The Bertz CT molecular complexity index is 1690. The lowest BCUT2D eigenvalue weighted by atomic mass is 10.1. The van der Waals surface area contributed by atoms with E-state index in [0.717, 1.165) is 11.1 Å². The van der Waals surface area contributed by atoms with Crippen LogP contribution in [0.5, 0.6) is 23.0 Å². The van der Waals surface area contributed by atoms with E-state index in [1.54, 1.807) is 43.4 Å². The monoisotopic (exact) mass is 613 g/mol. The average Bonchev–Trinajstić information content (AvgIpc) is 3.55. The van der Waals surface area contributed by atoms with Crippen molar-refractivity contribution in [2.24, 2.45) is 0 Å². The van der Waals surface area contributed by atoms with Gasteiger partial charge in [0, 0.05) is 49.9 Å². The Morgan fingerprint density at radius 3 is 2.44 bits per heavy atom. The fourth-order valence-electron chi connectivity index (χ4n) is 5.36. The summed E-state index contributed by atoms with van der Waals surface area (Å²) in [6.45, 7) is 2.08. The third-order valence-electron chi connectivity index (χ3n) is 7.79. The van der Waals surface area contributed by atoms with Gasteiger partial charge in [0.25, 0.3) is 5.91 Å². The number of methoxy groups -OCH3 is 2. The minimum Gasteiger partial charge on any atom is -0.497 e. The van der Waals surface area contributed by atoms with Crippen LogP contribution in [0, 0.1) is 5.82 Å². The molecule has 45 heavy (non-hydrogen) atoms. The van der Waals surface area contributed by atoms with Crippen LogP contribution in [0.25, 0.3) is 11.3 Å². The highest BCUT2D eigenvalue weighted by Gasteiger charge is 2.27. The van der Waals surface area contributed by atoms with E-state index in [0.29, 0.717) is 60.7 Å². The molecule has 3 aromatic carbocycles. The van der Waals surface area contributed by atoms with Gasteiger partial charge in [-0.15, -0.1) is 10.2 Å². The summed E-state index contributed by atoms with van der Waals surface area (Å²) in [5.74, 6) is 2.04. The van der Waals surface area contributed by atoms with E-state index in [1.807, 2.05) is 30.3 Å². The first-order valence-corrected chi connectivity index (χ1v) is 14.4. The van der Waals surface area contributed by atoms with Crippen molar-refractivity contribution in [2.45, 2.75) is 6.54 Å². The van der Waals surface area contributed by atoms with Crippen LogP contribution in [0.2, 0.25) is 0 Å². The van der Waals surface area contributed by atoms with E-state index < -0.39 is 11.7 Å². The van der Waals surface area contributed by atoms with Crippen molar-refractivity contribution in [3.63, 3.8) is 0 Å².